The molecule has 2 atom stereocenters. The van der Waals surface area contributed by atoms with E-state index in [1.54, 1.807) is 12.1 Å². The molecular weight excluding hydrogens is 474 g/mol. The maximum Gasteiger partial charge on any atom is 0.419 e. The van der Waals surface area contributed by atoms with Crippen molar-refractivity contribution < 1.29 is 17.6 Å². The van der Waals surface area contributed by atoms with E-state index in [1.807, 2.05) is 33.2 Å². The number of benzene rings is 1. The molecule has 0 radical (unpaired) electrons. The van der Waals surface area contributed by atoms with Gasteiger partial charge in [0.25, 0.3) is 0 Å². The Hall–Kier alpha value is -3.28. The zero-order valence-electron chi connectivity index (χ0n) is 20.2. The first-order valence-corrected chi connectivity index (χ1v) is 11.6. The van der Waals surface area contributed by atoms with E-state index in [4.69, 9.17) is 5.73 Å². The first kappa shape index (κ1) is 25.8. The van der Waals surface area contributed by atoms with Gasteiger partial charge in [-0.05, 0) is 57.9 Å². The number of aromatic amines is 1. The van der Waals surface area contributed by atoms with Crippen LogP contribution >= 0.6 is 0 Å². The third kappa shape index (κ3) is 5.13. The number of aromatic nitrogens is 3. The molecule has 7 nitrogen and oxygen atoms in total. The fraction of sp³-hybridized carbons (Fsp3) is 0.360. The van der Waals surface area contributed by atoms with Gasteiger partial charge in [-0.25, -0.2) is 14.4 Å². The molecule has 0 spiro atoms. The van der Waals surface area contributed by atoms with Crippen LogP contribution in [0.3, 0.4) is 0 Å². The predicted octanol–water partition coefficient (Wildman–Crippen LogP) is 4.28. The van der Waals surface area contributed by atoms with E-state index in [-0.39, 0.29) is 16.9 Å². The molecule has 0 saturated heterocycles. The number of anilines is 1. The number of hydrogen-bond acceptors (Lipinski definition) is 6. The third-order valence-electron chi connectivity index (χ3n) is 6.25. The fourth-order valence-corrected chi connectivity index (χ4v) is 4.39. The van der Waals surface area contributed by atoms with Gasteiger partial charge in [0.15, 0.2) is 0 Å². The number of nitrogens with zero attached hydrogens (tertiary/aromatic N) is 3. The summed E-state index contributed by atoms with van der Waals surface area (Å²) in [4.78, 5) is 12.9. The molecule has 2 heterocycles. The van der Waals surface area contributed by atoms with Crippen molar-refractivity contribution in [2.75, 3.05) is 32.5 Å². The second-order valence-corrected chi connectivity index (χ2v) is 9.05. The highest BCUT2D eigenvalue weighted by Crippen LogP contribution is 2.39. The minimum Gasteiger partial charge on any atom is -0.360 e. The zero-order valence-corrected chi connectivity index (χ0v) is 20.2. The van der Waals surface area contributed by atoms with Crippen molar-refractivity contribution in [1.29, 1.82) is 0 Å². The van der Waals surface area contributed by atoms with E-state index < -0.39 is 34.8 Å². The highest BCUT2D eigenvalue weighted by molar-refractivity contribution is 5.96. The Labute approximate surface area is 206 Å². The molecule has 2 unspecified atom stereocenters. The zero-order chi connectivity index (χ0) is 26.1. The molecule has 0 bridgehead atoms. The number of halogens is 4. The Kier molecular flexibility index (Phi) is 7.17. The fourth-order valence-electron chi connectivity index (χ4n) is 4.39. The molecule has 1 aliphatic rings. The number of allylic oxidation sites excluding steroid dienone is 1. The van der Waals surface area contributed by atoms with Crippen LogP contribution in [-0.2, 0) is 6.18 Å². The van der Waals surface area contributed by atoms with Crippen molar-refractivity contribution in [3.05, 3.63) is 65.9 Å². The lowest BCUT2D eigenvalue weighted by Gasteiger charge is -2.39. The Morgan fingerprint density at radius 3 is 2.69 bits per heavy atom. The first-order valence-electron chi connectivity index (χ1n) is 11.6. The van der Waals surface area contributed by atoms with Crippen LogP contribution in [-0.4, -0.2) is 58.6 Å². The van der Waals surface area contributed by atoms with Crippen LogP contribution in [0.15, 0.2) is 54.5 Å². The Morgan fingerprint density at radius 1 is 1.25 bits per heavy atom. The molecule has 4 rings (SSSR count). The first-order chi connectivity index (χ1) is 17.0. The van der Waals surface area contributed by atoms with Gasteiger partial charge in [0.2, 0.25) is 5.95 Å². The quantitative estimate of drug-likeness (QED) is 0.343. The average Bonchev–Trinajstić information content (AvgIpc) is 3.25. The summed E-state index contributed by atoms with van der Waals surface area (Å²) in [6, 6.07) is 3.86. The minimum absolute atomic E-state index is 0.000547. The van der Waals surface area contributed by atoms with E-state index in [1.165, 1.54) is 18.3 Å². The molecule has 0 fully saturated rings. The van der Waals surface area contributed by atoms with Gasteiger partial charge in [-0.3, -0.25) is 0 Å². The van der Waals surface area contributed by atoms with Crippen molar-refractivity contribution in [2.45, 2.75) is 31.1 Å². The Morgan fingerprint density at radius 2 is 2.03 bits per heavy atom. The predicted molar refractivity (Wildman–Crippen MR) is 133 cm³/mol. The normalized spacial score (nSPS) is 20.2. The molecule has 2 aromatic heterocycles. The molecule has 5 N–H and O–H groups in total. The van der Waals surface area contributed by atoms with Crippen molar-refractivity contribution in [1.82, 2.24) is 25.2 Å². The lowest BCUT2D eigenvalue weighted by molar-refractivity contribution is -0.137. The lowest BCUT2D eigenvalue weighted by Crippen LogP contribution is -2.58. The monoisotopic (exact) mass is 503 g/mol. The van der Waals surface area contributed by atoms with E-state index in [2.05, 4.69) is 30.5 Å². The van der Waals surface area contributed by atoms with E-state index >= 15 is 0 Å². The molecule has 1 aliphatic carbocycles. The molecule has 0 amide bonds. The van der Waals surface area contributed by atoms with Crippen LogP contribution < -0.4 is 16.4 Å². The molecular formula is C25H29F4N7. The van der Waals surface area contributed by atoms with Gasteiger partial charge in [0.1, 0.15) is 11.4 Å². The van der Waals surface area contributed by atoms with Crippen molar-refractivity contribution in [3.63, 3.8) is 0 Å². The SMILES string of the molecule is CCNC1(CCN(C)C)C=CC(Nc2ncc(C(F)(F)F)c(-c3c[nH]c4cccc(F)c34)n2)=CC1N. The van der Waals surface area contributed by atoms with Crippen LogP contribution in [0.5, 0.6) is 0 Å². The molecule has 36 heavy (non-hydrogen) atoms. The molecule has 0 saturated carbocycles. The van der Waals surface area contributed by atoms with Crippen molar-refractivity contribution in [2.24, 2.45) is 5.73 Å². The van der Waals surface area contributed by atoms with Crippen LogP contribution in [0.2, 0.25) is 0 Å². The summed E-state index contributed by atoms with van der Waals surface area (Å²) < 4.78 is 56.0. The van der Waals surface area contributed by atoms with Crippen LogP contribution in [0, 0.1) is 5.82 Å². The second kappa shape index (κ2) is 10.00. The third-order valence-corrected chi connectivity index (χ3v) is 6.25. The van der Waals surface area contributed by atoms with Gasteiger partial charge in [-0.15, -0.1) is 0 Å². The van der Waals surface area contributed by atoms with Gasteiger partial charge >= 0.3 is 6.18 Å². The lowest BCUT2D eigenvalue weighted by atomic mass is 9.82. The van der Waals surface area contributed by atoms with Gasteiger partial charge in [-0.1, -0.05) is 19.1 Å². The number of nitrogens with one attached hydrogen (secondary N) is 3. The molecule has 192 valence electrons. The number of H-pyrrole nitrogens is 1. The van der Waals surface area contributed by atoms with Gasteiger partial charge in [0, 0.05) is 40.6 Å². The van der Waals surface area contributed by atoms with Crippen molar-refractivity contribution in [3.8, 4) is 11.3 Å². The molecule has 1 aromatic carbocycles. The number of rotatable bonds is 8. The number of nitrogens with two attached hydrogens (primary N) is 1. The van der Waals surface area contributed by atoms with Gasteiger partial charge < -0.3 is 26.3 Å². The van der Waals surface area contributed by atoms with Gasteiger partial charge in [0.05, 0.1) is 11.2 Å². The summed E-state index contributed by atoms with van der Waals surface area (Å²) in [6.07, 6.45) is 3.64. The molecule has 0 aliphatic heterocycles. The smallest absolute Gasteiger partial charge is 0.360 e. The maximum atomic E-state index is 14.6. The topological polar surface area (TPSA) is 94.9 Å². The molecule has 11 heteroatoms. The second-order valence-electron chi connectivity index (χ2n) is 9.05. The highest BCUT2D eigenvalue weighted by Gasteiger charge is 2.37. The molecule has 3 aromatic rings. The highest BCUT2D eigenvalue weighted by atomic mass is 19.4. The summed E-state index contributed by atoms with van der Waals surface area (Å²) in [7, 11) is 3.97. The van der Waals surface area contributed by atoms with E-state index in [9.17, 15) is 17.6 Å². The largest absolute Gasteiger partial charge is 0.419 e. The number of alkyl halides is 3. The van der Waals surface area contributed by atoms with Crippen LogP contribution in [0.1, 0.15) is 18.9 Å². The maximum absolute atomic E-state index is 14.6. The van der Waals surface area contributed by atoms with E-state index in [0.717, 1.165) is 13.0 Å². The van der Waals surface area contributed by atoms with Gasteiger partial charge in [-0.2, -0.15) is 13.2 Å². The summed E-state index contributed by atoms with van der Waals surface area (Å²) in [5, 5.41) is 6.45. The minimum atomic E-state index is -4.73. The number of likely N-dealkylation sites (N-methyl/N-ethyl adjacent to an activating group) is 1. The van der Waals surface area contributed by atoms with Crippen LogP contribution in [0.4, 0.5) is 23.5 Å². The number of hydrogen-bond donors (Lipinski definition) is 4. The average molecular weight is 504 g/mol. The summed E-state index contributed by atoms with van der Waals surface area (Å²) in [5.74, 6) is -0.706. The summed E-state index contributed by atoms with van der Waals surface area (Å²) in [5.41, 5.74) is 5.49. The number of fused-ring (bicyclic) bond motifs is 1. The van der Waals surface area contributed by atoms with E-state index in [0.29, 0.717) is 24.0 Å². The Bertz CT molecular complexity index is 1300. The Balaban J connectivity index is 1.68. The van der Waals surface area contributed by atoms with Crippen molar-refractivity contribution >= 4 is 16.9 Å². The summed E-state index contributed by atoms with van der Waals surface area (Å²) in [6.45, 7) is 3.53. The standard InChI is InChI=1S/C25H29F4N7/c1-4-33-24(10-11-36(2)3)9-8-15(12-20(24)30)34-23-32-14-17(25(27,28)29)22(35-23)16-13-31-19-7-5-6-18(26)21(16)19/h5-9,12-14,20,31,33H,4,10-11,30H2,1-3H3,(H,32,34,35). The van der Waals surface area contributed by atoms with Crippen LogP contribution in [0.25, 0.3) is 22.2 Å². The summed E-state index contributed by atoms with van der Waals surface area (Å²) >= 11 is 0.